The average Bonchev–Trinajstić information content (AvgIpc) is 2.30. The van der Waals surface area contributed by atoms with Crippen LogP contribution in [0.3, 0.4) is 0 Å². The molecule has 1 saturated heterocycles. The van der Waals surface area contributed by atoms with Crippen molar-refractivity contribution in [3.8, 4) is 0 Å². The Bertz CT molecular complexity index is 312. The van der Waals surface area contributed by atoms with E-state index < -0.39 is 0 Å². The first-order valence-electron chi connectivity index (χ1n) is 5.62. The molecule has 0 radical (unpaired) electrons. The van der Waals surface area contributed by atoms with Gasteiger partial charge in [0.25, 0.3) is 0 Å². The molecule has 0 bridgehead atoms. The largest absolute Gasteiger partial charge is 0.395 e. The number of aliphatic hydroxyl groups is 1. The van der Waals surface area contributed by atoms with Gasteiger partial charge in [-0.25, -0.2) is 0 Å². The summed E-state index contributed by atoms with van der Waals surface area (Å²) in [4.78, 5) is 2.31. The first-order chi connectivity index (χ1) is 7.27. The molecule has 0 aliphatic carbocycles. The molecule has 0 saturated carbocycles. The van der Waals surface area contributed by atoms with Gasteiger partial charge in [-0.2, -0.15) is 0 Å². The van der Waals surface area contributed by atoms with Crippen LogP contribution in [0.5, 0.6) is 0 Å². The fourth-order valence-corrected chi connectivity index (χ4v) is 2.61. The number of nitrogens with zero attached hydrogens (tertiary/aromatic N) is 1. The molecule has 1 fully saturated rings. The van der Waals surface area contributed by atoms with Gasteiger partial charge in [-0.05, 0) is 32.0 Å². The van der Waals surface area contributed by atoms with Gasteiger partial charge in [0.05, 0.1) is 6.61 Å². The van der Waals surface area contributed by atoms with Crippen molar-refractivity contribution in [3.05, 3.63) is 35.9 Å². The van der Waals surface area contributed by atoms with Crippen LogP contribution in [-0.4, -0.2) is 36.8 Å². The van der Waals surface area contributed by atoms with Crippen molar-refractivity contribution in [2.75, 3.05) is 26.7 Å². The van der Waals surface area contributed by atoms with Gasteiger partial charge in [-0.3, -0.25) is 0 Å². The van der Waals surface area contributed by atoms with Gasteiger partial charge < -0.3 is 10.0 Å². The predicted molar refractivity (Wildman–Crippen MR) is 61.9 cm³/mol. The lowest BCUT2D eigenvalue weighted by Gasteiger charge is -2.40. The molecule has 1 aromatic carbocycles. The Hall–Kier alpha value is -0.860. The van der Waals surface area contributed by atoms with Crippen LogP contribution in [0.15, 0.2) is 30.3 Å². The molecule has 2 rings (SSSR count). The van der Waals surface area contributed by atoms with Crippen molar-refractivity contribution in [3.63, 3.8) is 0 Å². The Morgan fingerprint density at radius 3 is 2.67 bits per heavy atom. The number of rotatable bonds is 2. The Morgan fingerprint density at radius 2 is 2.07 bits per heavy atom. The quantitative estimate of drug-likeness (QED) is 0.793. The van der Waals surface area contributed by atoms with Crippen LogP contribution in [-0.2, 0) is 5.41 Å². The summed E-state index contributed by atoms with van der Waals surface area (Å²) < 4.78 is 0. The molecule has 2 heteroatoms. The van der Waals surface area contributed by atoms with Crippen molar-refractivity contribution >= 4 is 0 Å². The van der Waals surface area contributed by atoms with Gasteiger partial charge in [0, 0.05) is 12.0 Å². The summed E-state index contributed by atoms with van der Waals surface area (Å²) in [6, 6.07) is 10.4. The zero-order valence-corrected chi connectivity index (χ0v) is 9.32. The van der Waals surface area contributed by atoms with Crippen LogP contribution < -0.4 is 0 Å². The Kier molecular flexibility index (Phi) is 3.08. The third-order valence-electron chi connectivity index (χ3n) is 3.46. The van der Waals surface area contributed by atoms with E-state index in [0.717, 1.165) is 19.5 Å². The van der Waals surface area contributed by atoms with E-state index in [9.17, 15) is 5.11 Å². The summed E-state index contributed by atoms with van der Waals surface area (Å²) in [5.74, 6) is 0. The van der Waals surface area contributed by atoms with Crippen LogP contribution in [0.4, 0.5) is 0 Å². The molecule has 1 aromatic rings. The first-order valence-corrected chi connectivity index (χ1v) is 5.62. The average molecular weight is 205 g/mol. The number of hydrogen-bond donors (Lipinski definition) is 1. The molecule has 1 N–H and O–H groups in total. The summed E-state index contributed by atoms with van der Waals surface area (Å²) >= 11 is 0. The normalized spacial score (nSPS) is 27.9. The highest BCUT2D eigenvalue weighted by Gasteiger charge is 2.35. The van der Waals surface area contributed by atoms with E-state index in [1.807, 2.05) is 6.07 Å². The molecule has 1 aliphatic heterocycles. The number of likely N-dealkylation sites (N-methyl/N-ethyl adjacent to an activating group) is 1. The van der Waals surface area contributed by atoms with Crippen LogP contribution in [0.25, 0.3) is 0 Å². The topological polar surface area (TPSA) is 23.5 Å². The van der Waals surface area contributed by atoms with Crippen molar-refractivity contribution in [2.24, 2.45) is 0 Å². The Balaban J connectivity index is 2.28. The van der Waals surface area contributed by atoms with E-state index in [-0.39, 0.29) is 12.0 Å². The Morgan fingerprint density at radius 1 is 1.33 bits per heavy atom. The molecule has 82 valence electrons. The zero-order chi connectivity index (χ0) is 10.7. The molecule has 1 heterocycles. The van der Waals surface area contributed by atoms with Gasteiger partial charge in [0.15, 0.2) is 0 Å². The van der Waals surface area contributed by atoms with Crippen molar-refractivity contribution in [2.45, 2.75) is 18.3 Å². The second-order valence-corrected chi connectivity index (χ2v) is 4.65. The van der Waals surface area contributed by atoms with Crippen LogP contribution in [0, 0.1) is 0 Å². The monoisotopic (exact) mass is 205 g/mol. The highest BCUT2D eigenvalue weighted by Crippen LogP contribution is 2.32. The van der Waals surface area contributed by atoms with E-state index in [2.05, 4.69) is 36.2 Å². The molecule has 0 spiro atoms. The highest BCUT2D eigenvalue weighted by molar-refractivity contribution is 5.26. The Labute approximate surface area is 91.5 Å². The van der Waals surface area contributed by atoms with Gasteiger partial charge in [0.2, 0.25) is 0 Å². The first kappa shape index (κ1) is 10.7. The second-order valence-electron chi connectivity index (χ2n) is 4.65. The molecule has 1 aliphatic rings. The maximum Gasteiger partial charge on any atom is 0.0540 e. The third kappa shape index (κ3) is 2.06. The highest BCUT2D eigenvalue weighted by atomic mass is 16.3. The van der Waals surface area contributed by atoms with E-state index in [0.29, 0.717) is 0 Å². The van der Waals surface area contributed by atoms with E-state index >= 15 is 0 Å². The van der Waals surface area contributed by atoms with Crippen LogP contribution >= 0.6 is 0 Å². The summed E-state index contributed by atoms with van der Waals surface area (Å²) in [6.07, 6.45) is 2.27. The minimum absolute atomic E-state index is 0.0335. The van der Waals surface area contributed by atoms with Crippen molar-refractivity contribution in [1.29, 1.82) is 0 Å². The summed E-state index contributed by atoms with van der Waals surface area (Å²) in [5.41, 5.74) is 1.24. The minimum atomic E-state index is -0.0335. The zero-order valence-electron chi connectivity index (χ0n) is 9.32. The second kappa shape index (κ2) is 4.33. The maximum absolute atomic E-state index is 9.69. The van der Waals surface area contributed by atoms with Gasteiger partial charge in [-0.15, -0.1) is 0 Å². The molecular formula is C13H19NO. The standard InChI is InChI=1S/C13H19NO/c1-14-9-5-8-13(10-14,11-15)12-6-3-2-4-7-12/h2-4,6-7,15H,5,8-11H2,1H3. The molecule has 15 heavy (non-hydrogen) atoms. The fraction of sp³-hybridized carbons (Fsp3) is 0.538. The smallest absolute Gasteiger partial charge is 0.0540 e. The minimum Gasteiger partial charge on any atom is -0.395 e. The predicted octanol–water partition coefficient (Wildman–Crippen LogP) is 1.64. The van der Waals surface area contributed by atoms with Crippen LogP contribution in [0.1, 0.15) is 18.4 Å². The van der Waals surface area contributed by atoms with Gasteiger partial charge in [-0.1, -0.05) is 30.3 Å². The SMILES string of the molecule is CN1CCCC(CO)(c2ccccc2)C1. The maximum atomic E-state index is 9.69. The number of hydrogen-bond acceptors (Lipinski definition) is 2. The van der Waals surface area contributed by atoms with Crippen molar-refractivity contribution in [1.82, 2.24) is 4.90 Å². The van der Waals surface area contributed by atoms with Gasteiger partial charge >= 0.3 is 0 Å². The summed E-state index contributed by atoms with van der Waals surface area (Å²) in [5, 5.41) is 9.69. The molecule has 0 amide bonds. The molecule has 0 aromatic heterocycles. The summed E-state index contributed by atoms with van der Waals surface area (Å²) in [6.45, 7) is 2.36. The van der Waals surface area contributed by atoms with Crippen LogP contribution in [0.2, 0.25) is 0 Å². The number of likely N-dealkylation sites (tertiary alicyclic amines) is 1. The number of aliphatic hydroxyl groups excluding tert-OH is 1. The van der Waals surface area contributed by atoms with Gasteiger partial charge in [0.1, 0.15) is 0 Å². The molecule has 1 atom stereocenters. The summed E-state index contributed by atoms with van der Waals surface area (Å²) in [7, 11) is 2.13. The van der Waals surface area contributed by atoms with E-state index in [4.69, 9.17) is 0 Å². The number of benzene rings is 1. The lowest BCUT2D eigenvalue weighted by molar-refractivity contribution is 0.105. The molecule has 1 unspecified atom stereocenters. The fourth-order valence-electron chi connectivity index (χ4n) is 2.61. The lowest BCUT2D eigenvalue weighted by atomic mass is 9.75. The number of piperidine rings is 1. The molecule has 2 nitrogen and oxygen atoms in total. The molecular weight excluding hydrogens is 186 g/mol. The third-order valence-corrected chi connectivity index (χ3v) is 3.46. The van der Waals surface area contributed by atoms with E-state index in [1.54, 1.807) is 0 Å². The van der Waals surface area contributed by atoms with Crippen molar-refractivity contribution < 1.29 is 5.11 Å². The lowest BCUT2D eigenvalue weighted by Crippen LogP contribution is -2.46. The van der Waals surface area contributed by atoms with E-state index in [1.165, 1.54) is 12.0 Å².